The van der Waals surface area contributed by atoms with Crippen LogP contribution < -0.4 is 16.6 Å². The predicted octanol–water partition coefficient (Wildman–Crippen LogP) is 2.23. The molecule has 0 aliphatic carbocycles. The summed E-state index contributed by atoms with van der Waals surface area (Å²) in [6.45, 7) is 1.46. The van der Waals surface area contributed by atoms with Crippen LogP contribution in [-0.4, -0.2) is 9.97 Å². The third-order valence-electron chi connectivity index (χ3n) is 2.40. The van der Waals surface area contributed by atoms with Crippen molar-refractivity contribution in [3.63, 3.8) is 0 Å². The van der Waals surface area contributed by atoms with Gasteiger partial charge in [-0.3, -0.25) is 5.43 Å². The zero-order valence-corrected chi connectivity index (χ0v) is 9.84. The van der Waals surface area contributed by atoms with E-state index in [9.17, 15) is 13.2 Å². The zero-order chi connectivity index (χ0) is 14.0. The number of halogens is 3. The van der Waals surface area contributed by atoms with E-state index in [1.54, 1.807) is 0 Å². The fourth-order valence-corrected chi connectivity index (χ4v) is 1.41. The molecule has 2 rings (SSSR count). The summed E-state index contributed by atoms with van der Waals surface area (Å²) < 4.78 is 40.7. The molecule has 0 unspecified atom stereocenters. The first-order valence-corrected chi connectivity index (χ1v) is 5.23. The molecule has 0 amide bonds. The lowest BCUT2D eigenvalue weighted by molar-refractivity contribution is 0.582. The number of hydrogen-bond donors (Lipinski definition) is 3. The second kappa shape index (κ2) is 5.11. The van der Waals surface area contributed by atoms with Crippen molar-refractivity contribution in [2.45, 2.75) is 6.92 Å². The molecule has 0 fully saturated rings. The van der Waals surface area contributed by atoms with Gasteiger partial charge in [0.25, 0.3) is 0 Å². The smallest absolute Gasteiger partial charge is 0.239 e. The summed E-state index contributed by atoms with van der Waals surface area (Å²) in [4.78, 5) is 7.14. The maximum Gasteiger partial charge on any atom is 0.239 e. The topological polar surface area (TPSA) is 75.9 Å². The van der Waals surface area contributed by atoms with Gasteiger partial charge in [0.2, 0.25) is 5.95 Å². The van der Waals surface area contributed by atoms with Gasteiger partial charge in [-0.2, -0.15) is 4.98 Å². The Morgan fingerprint density at radius 3 is 2.58 bits per heavy atom. The molecule has 0 atom stereocenters. The van der Waals surface area contributed by atoms with E-state index in [0.717, 1.165) is 12.3 Å². The van der Waals surface area contributed by atoms with Gasteiger partial charge in [-0.05, 0) is 18.6 Å². The number of anilines is 3. The van der Waals surface area contributed by atoms with Gasteiger partial charge in [0.05, 0.1) is 6.20 Å². The van der Waals surface area contributed by atoms with Gasteiger partial charge in [-0.1, -0.05) is 6.07 Å². The highest BCUT2D eigenvalue weighted by Crippen LogP contribution is 2.26. The first kappa shape index (κ1) is 13.1. The largest absolute Gasteiger partial charge is 0.333 e. The van der Waals surface area contributed by atoms with Crippen LogP contribution in [-0.2, 0) is 0 Å². The second-order valence-electron chi connectivity index (χ2n) is 3.71. The predicted molar refractivity (Wildman–Crippen MR) is 64.2 cm³/mol. The molecular weight excluding hydrogens is 259 g/mol. The Morgan fingerprint density at radius 2 is 1.89 bits per heavy atom. The van der Waals surface area contributed by atoms with Crippen molar-refractivity contribution in [2.24, 2.45) is 5.84 Å². The summed E-state index contributed by atoms with van der Waals surface area (Å²) in [6, 6.07) is 2.35. The van der Waals surface area contributed by atoms with Gasteiger partial charge in [0, 0.05) is 0 Å². The molecule has 1 aromatic carbocycles. The number of benzene rings is 1. The number of nitrogen functional groups attached to an aromatic ring is 1. The van der Waals surface area contributed by atoms with Crippen LogP contribution in [0.2, 0.25) is 0 Å². The number of nitrogens with one attached hydrogen (secondary N) is 2. The van der Waals surface area contributed by atoms with E-state index in [-0.39, 0.29) is 17.3 Å². The Balaban J connectivity index is 2.44. The Labute approximate surface area is 106 Å². The van der Waals surface area contributed by atoms with Gasteiger partial charge in [-0.15, -0.1) is 0 Å². The van der Waals surface area contributed by atoms with Crippen LogP contribution in [0.25, 0.3) is 0 Å². The zero-order valence-electron chi connectivity index (χ0n) is 9.84. The fourth-order valence-electron chi connectivity index (χ4n) is 1.41. The third-order valence-corrected chi connectivity index (χ3v) is 2.40. The molecule has 0 radical (unpaired) electrons. The van der Waals surface area contributed by atoms with Crippen molar-refractivity contribution >= 4 is 17.5 Å². The monoisotopic (exact) mass is 269 g/mol. The van der Waals surface area contributed by atoms with Crippen molar-refractivity contribution in [1.29, 1.82) is 0 Å². The van der Waals surface area contributed by atoms with Gasteiger partial charge < -0.3 is 5.32 Å². The Morgan fingerprint density at radius 1 is 1.16 bits per heavy atom. The summed E-state index contributed by atoms with van der Waals surface area (Å²) >= 11 is 0. The summed E-state index contributed by atoms with van der Waals surface area (Å²) in [5, 5.41) is 2.25. The number of aromatic nitrogens is 2. The first-order chi connectivity index (χ1) is 9.02. The Bertz CT molecular complexity index is 618. The highest BCUT2D eigenvalue weighted by molar-refractivity contribution is 5.60. The van der Waals surface area contributed by atoms with Crippen LogP contribution in [0.4, 0.5) is 30.6 Å². The molecule has 0 spiro atoms. The van der Waals surface area contributed by atoms with Gasteiger partial charge >= 0.3 is 0 Å². The number of aryl methyl sites for hydroxylation is 1. The molecule has 1 aromatic heterocycles. The fraction of sp³-hybridized carbons (Fsp3) is 0.0909. The lowest BCUT2D eigenvalue weighted by atomic mass is 10.2. The number of rotatable bonds is 3. The standard InChI is InChI=1S/C11H10F3N5/c1-5-2-3-6(12)9(8(5)14)17-10-7(13)4-16-11(18-10)19-15/h2-4H,15H2,1H3,(H2,16,17,18,19). The van der Waals surface area contributed by atoms with E-state index in [4.69, 9.17) is 5.84 Å². The summed E-state index contributed by atoms with van der Waals surface area (Å²) in [5.41, 5.74) is 1.84. The molecule has 0 aliphatic rings. The van der Waals surface area contributed by atoms with Gasteiger partial charge in [0.15, 0.2) is 17.5 Å². The third kappa shape index (κ3) is 2.58. The molecule has 0 saturated heterocycles. The van der Waals surface area contributed by atoms with Gasteiger partial charge in [-0.25, -0.2) is 24.0 Å². The van der Waals surface area contributed by atoms with Crippen LogP contribution in [0.15, 0.2) is 18.3 Å². The lowest BCUT2D eigenvalue weighted by Gasteiger charge is -2.10. The molecule has 1 heterocycles. The molecule has 4 N–H and O–H groups in total. The normalized spacial score (nSPS) is 10.4. The van der Waals surface area contributed by atoms with Crippen molar-refractivity contribution in [2.75, 3.05) is 10.7 Å². The highest BCUT2D eigenvalue weighted by atomic mass is 19.1. The van der Waals surface area contributed by atoms with Crippen molar-refractivity contribution in [3.05, 3.63) is 41.3 Å². The molecule has 8 heteroatoms. The van der Waals surface area contributed by atoms with Crippen LogP contribution >= 0.6 is 0 Å². The first-order valence-electron chi connectivity index (χ1n) is 5.23. The average molecular weight is 269 g/mol. The molecule has 0 aliphatic heterocycles. The minimum Gasteiger partial charge on any atom is -0.333 e. The van der Waals surface area contributed by atoms with E-state index in [2.05, 4.69) is 20.7 Å². The molecular formula is C11H10F3N5. The molecule has 0 bridgehead atoms. The molecule has 5 nitrogen and oxygen atoms in total. The lowest BCUT2D eigenvalue weighted by Crippen LogP contribution is -2.12. The van der Waals surface area contributed by atoms with Crippen LogP contribution in [0.1, 0.15) is 5.56 Å². The minimum absolute atomic E-state index is 0.0858. The number of hydrazine groups is 1. The molecule has 0 saturated carbocycles. The van der Waals surface area contributed by atoms with Crippen molar-refractivity contribution < 1.29 is 13.2 Å². The minimum atomic E-state index is -0.862. The van der Waals surface area contributed by atoms with Crippen molar-refractivity contribution in [1.82, 2.24) is 9.97 Å². The van der Waals surface area contributed by atoms with Gasteiger partial charge in [0.1, 0.15) is 11.5 Å². The molecule has 19 heavy (non-hydrogen) atoms. The highest BCUT2D eigenvalue weighted by Gasteiger charge is 2.15. The van der Waals surface area contributed by atoms with Crippen molar-refractivity contribution in [3.8, 4) is 0 Å². The quantitative estimate of drug-likeness (QED) is 0.588. The average Bonchev–Trinajstić information content (AvgIpc) is 2.41. The molecule has 100 valence electrons. The maximum atomic E-state index is 13.8. The number of nitrogens with two attached hydrogens (primary N) is 1. The Hall–Kier alpha value is -2.35. The van der Waals surface area contributed by atoms with Crippen LogP contribution in [0, 0.1) is 24.4 Å². The van der Waals surface area contributed by atoms with E-state index in [0.29, 0.717) is 0 Å². The van der Waals surface area contributed by atoms with E-state index in [1.807, 2.05) is 0 Å². The summed E-state index contributed by atoms with van der Waals surface area (Å²) in [5.74, 6) is 2.06. The number of hydrogen-bond acceptors (Lipinski definition) is 5. The summed E-state index contributed by atoms with van der Waals surface area (Å²) in [7, 11) is 0. The van der Waals surface area contributed by atoms with Crippen LogP contribution in [0.5, 0.6) is 0 Å². The number of nitrogens with zero attached hydrogens (tertiary/aromatic N) is 2. The van der Waals surface area contributed by atoms with E-state index in [1.165, 1.54) is 13.0 Å². The Kier molecular flexibility index (Phi) is 3.52. The SMILES string of the molecule is Cc1ccc(F)c(Nc2nc(NN)ncc2F)c1F. The van der Waals surface area contributed by atoms with Crippen LogP contribution in [0.3, 0.4) is 0 Å². The maximum absolute atomic E-state index is 13.8. The van der Waals surface area contributed by atoms with E-state index >= 15 is 0 Å². The molecule has 2 aromatic rings. The summed E-state index contributed by atoms with van der Waals surface area (Å²) in [6.07, 6.45) is 0.829. The van der Waals surface area contributed by atoms with E-state index < -0.39 is 23.1 Å². The second-order valence-corrected chi connectivity index (χ2v) is 3.71.